The molecule has 1 aromatic rings. The Morgan fingerprint density at radius 1 is 1.36 bits per heavy atom. The second-order valence-corrected chi connectivity index (χ2v) is 6.65. The molecule has 0 saturated carbocycles. The molecule has 1 unspecified atom stereocenters. The summed E-state index contributed by atoms with van der Waals surface area (Å²) in [5.41, 5.74) is 11.6. The Hall–Kier alpha value is -1.61. The van der Waals surface area contributed by atoms with Crippen LogP contribution in [0.4, 0.5) is 19.0 Å². The van der Waals surface area contributed by atoms with E-state index in [-0.39, 0.29) is 16.9 Å². The van der Waals surface area contributed by atoms with E-state index in [0.29, 0.717) is 37.4 Å². The number of nitrogens with zero attached hydrogens (tertiary/aromatic N) is 3. The van der Waals surface area contributed by atoms with Crippen LogP contribution in [0.2, 0.25) is 5.15 Å². The van der Waals surface area contributed by atoms with Crippen LogP contribution in [-0.2, 0) is 17.4 Å². The number of likely N-dealkylation sites (tertiary alicyclic amines) is 1. The van der Waals surface area contributed by atoms with Crippen LogP contribution in [0.5, 0.6) is 0 Å². The summed E-state index contributed by atoms with van der Waals surface area (Å²) in [5.74, 6) is -1.31. The average molecular weight is 380 g/mol. The molecule has 0 aromatic carbocycles. The lowest BCUT2D eigenvalue weighted by Crippen LogP contribution is -2.45. The van der Waals surface area contributed by atoms with Crippen LogP contribution in [0.3, 0.4) is 0 Å². The molecule has 1 aliphatic heterocycles. The first-order chi connectivity index (χ1) is 11.6. The van der Waals surface area contributed by atoms with Gasteiger partial charge in [0.25, 0.3) is 0 Å². The largest absolute Gasteiger partial charge is 0.451 e. The van der Waals surface area contributed by atoms with Crippen molar-refractivity contribution in [3.8, 4) is 0 Å². The van der Waals surface area contributed by atoms with Crippen molar-refractivity contribution >= 4 is 23.3 Å². The van der Waals surface area contributed by atoms with Gasteiger partial charge in [0.2, 0.25) is 11.7 Å². The molecule has 6 nitrogen and oxygen atoms in total. The van der Waals surface area contributed by atoms with Crippen molar-refractivity contribution < 1.29 is 18.0 Å². The van der Waals surface area contributed by atoms with Gasteiger partial charge < -0.3 is 16.4 Å². The summed E-state index contributed by atoms with van der Waals surface area (Å²) < 4.78 is 37.9. The first kappa shape index (κ1) is 19.7. The summed E-state index contributed by atoms with van der Waals surface area (Å²) >= 11 is 5.86. The maximum atomic E-state index is 12.6. The minimum absolute atomic E-state index is 0.0677. The number of anilines is 1. The predicted molar refractivity (Wildman–Crippen MR) is 87.7 cm³/mol. The van der Waals surface area contributed by atoms with E-state index in [4.69, 9.17) is 23.1 Å². The molecule has 1 amide bonds. The van der Waals surface area contributed by atoms with Gasteiger partial charge in [0.15, 0.2) is 0 Å². The molecule has 0 radical (unpaired) electrons. The topological polar surface area (TPSA) is 98.1 Å². The number of amides is 1. The molecule has 0 bridgehead atoms. The molecule has 1 saturated heterocycles. The number of hydrogen-bond donors (Lipinski definition) is 2. The zero-order chi connectivity index (χ0) is 18.8. The normalized spacial score (nSPS) is 17.6. The number of nitrogens with two attached hydrogens (primary N) is 2. The molecule has 2 rings (SSSR count). The van der Waals surface area contributed by atoms with Crippen LogP contribution in [-0.4, -0.2) is 39.9 Å². The Balaban J connectivity index is 1.94. The molecule has 4 N–H and O–H groups in total. The molecule has 1 fully saturated rings. The number of hydrogen-bond acceptors (Lipinski definition) is 5. The summed E-state index contributed by atoms with van der Waals surface area (Å²) in [7, 11) is 0. The second kappa shape index (κ2) is 7.74. The van der Waals surface area contributed by atoms with Crippen molar-refractivity contribution in [1.29, 1.82) is 0 Å². The molecule has 140 valence electrons. The lowest BCUT2D eigenvalue weighted by molar-refractivity contribution is -0.144. The third kappa shape index (κ3) is 4.94. The zero-order valence-electron chi connectivity index (χ0n) is 13.8. The molecule has 0 spiro atoms. The van der Waals surface area contributed by atoms with Crippen molar-refractivity contribution in [2.24, 2.45) is 11.7 Å². The van der Waals surface area contributed by atoms with Gasteiger partial charge in [-0.3, -0.25) is 4.79 Å². The summed E-state index contributed by atoms with van der Waals surface area (Å²) in [4.78, 5) is 20.2. The molecule has 1 atom stereocenters. The van der Waals surface area contributed by atoms with Crippen molar-refractivity contribution in [3.63, 3.8) is 0 Å². The minimum Gasteiger partial charge on any atom is -0.383 e. The first-order valence-electron chi connectivity index (χ1n) is 8.03. The van der Waals surface area contributed by atoms with Gasteiger partial charge in [0.05, 0.1) is 6.04 Å². The fourth-order valence-electron chi connectivity index (χ4n) is 2.91. The minimum atomic E-state index is -4.68. The van der Waals surface area contributed by atoms with E-state index in [1.165, 1.54) is 0 Å². The average Bonchev–Trinajstić information content (AvgIpc) is 2.52. The molecular weight excluding hydrogens is 359 g/mol. The smallest absolute Gasteiger partial charge is 0.383 e. The Bertz CT molecular complexity index is 607. The highest BCUT2D eigenvalue weighted by Gasteiger charge is 2.36. The highest BCUT2D eigenvalue weighted by Crippen LogP contribution is 2.31. The van der Waals surface area contributed by atoms with Gasteiger partial charge in [-0.25, -0.2) is 9.97 Å². The lowest BCUT2D eigenvalue weighted by Gasteiger charge is -2.33. The van der Waals surface area contributed by atoms with E-state index in [9.17, 15) is 18.0 Å². The SMILES string of the molecule is CC(N)C(=O)N1CCC(CCc2c(N)nc(C(F)(F)F)nc2Cl)CC1. The fourth-order valence-corrected chi connectivity index (χ4v) is 3.18. The van der Waals surface area contributed by atoms with Crippen molar-refractivity contribution in [2.45, 2.75) is 44.8 Å². The van der Waals surface area contributed by atoms with Gasteiger partial charge in [-0.15, -0.1) is 0 Å². The van der Waals surface area contributed by atoms with E-state index in [1.807, 2.05) is 0 Å². The quantitative estimate of drug-likeness (QED) is 0.782. The van der Waals surface area contributed by atoms with Gasteiger partial charge >= 0.3 is 6.18 Å². The molecular formula is C15H21ClF3N5O. The number of carbonyl (C=O) groups is 1. The van der Waals surface area contributed by atoms with E-state index in [2.05, 4.69) is 9.97 Å². The number of piperidine rings is 1. The summed E-state index contributed by atoms with van der Waals surface area (Å²) in [6.07, 6.45) is -1.99. The maximum Gasteiger partial charge on any atom is 0.451 e. The highest BCUT2D eigenvalue weighted by molar-refractivity contribution is 6.30. The number of rotatable bonds is 4. The highest BCUT2D eigenvalue weighted by atomic mass is 35.5. The third-order valence-electron chi connectivity index (χ3n) is 4.36. The fraction of sp³-hybridized carbons (Fsp3) is 0.667. The molecule has 25 heavy (non-hydrogen) atoms. The summed E-state index contributed by atoms with van der Waals surface area (Å²) in [5, 5.41) is -0.260. The Labute approximate surface area is 148 Å². The third-order valence-corrected chi connectivity index (χ3v) is 4.67. The van der Waals surface area contributed by atoms with Gasteiger partial charge in [-0.05, 0) is 38.5 Å². The van der Waals surface area contributed by atoms with E-state index in [1.54, 1.807) is 11.8 Å². The standard InChI is InChI=1S/C15H21ClF3N5O/c1-8(20)13(25)24-6-4-9(5-7-24)2-3-10-11(16)22-14(15(17,18)19)23-12(10)21/h8-9H,2-7,20H2,1H3,(H2,21,22,23). The van der Waals surface area contributed by atoms with Crippen LogP contribution in [0.15, 0.2) is 0 Å². The molecule has 2 heterocycles. The number of halogens is 4. The van der Waals surface area contributed by atoms with Gasteiger partial charge in [-0.1, -0.05) is 11.6 Å². The molecule has 1 aliphatic rings. The van der Waals surface area contributed by atoms with Crippen LogP contribution < -0.4 is 11.5 Å². The monoisotopic (exact) mass is 379 g/mol. The summed E-state index contributed by atoms with van der Waals surface area (Å²) in [6, 6.07) is -0.514. The van der Waals surface area contributed by atoms with E-state index >= 15 is 0 Å². The number of aromatic nitrogens is 2. The second-order valence-electron chi connectivity index (χ2n) is 6.30. The Morgan fingerprint density at radius 3 is 2.44 bits per heavy atom. The van der Waals surface area contributed by atoms with Crippen LogP contribution in [0.25, 0.3) is 0 Å². The number of nitrogen functional groups attached to an aromatic ring is 1. The number of alkyl halides is 3. The van der Waals surface area contributed by atoms with Gasteiger partial charge in [0, 0.05) is 18.7 Å². The summed E-state index contributed by atoms with van der Waals surface area (Å²) in [6.45, 7) is 2.90. The molecule has 10 heteroatoms. The first-order valence-corrected chi connectivity index (χ1v) is 8.40. The van der Waals surface area contributed by atoms with Gasteiger partial charge in [-0.2, -0.15) is 13.2 Å². The predicted octanol–water partition coefficient (Wildman–Crippen LogP) is 2.25. The van der Waals surface area contributed by atoms with Crippen molar-refractivity contribution in [3.05, 3.63) is 16.5 Å². The van der Waals surface area contributed by atoms with Crippen molar-refractivity contribution in [1.82, 2.24) is 14.9 Å². The lowest BCUT2D eigenvalue weighted by atomic mass is 9.90. The van der Waals surface area contributed by atoms with Crippen molar-refractivity contribution in [2.75, 3.05) is 18.8 Å². The number of carbonyl (C=O) groups excluding carboxylic acids is 1. The Kier molecular flexibility index (Phi) is 6.10. The van der Waals surface area contributed by atoms with Crippen LogP contribution in [0.1, 0.15) is 37.6 Å². The Morgan fingerprint density at radius 2 is 1.96 bits per heavy atom. The zero-order valence-corrected chi connectivity index (χ0v) is 14.6. The van der Waals surface area contributed by atoms with Crippen LogP contribution in [0, 0.1) is 5.92 Å². The van der Waals surface area contributed by atoms with Crippen LogP contribution >= 0.6 is 11.6 Å². The maximum absolute atomic E-state index is 12.6. The van der Waals surface area contributed by atoms with E-state index < -0.39 is 18.0 Å². The molecule has 1 aromatic heterocycles. The molecule has 0 aliphatic carbocycles. The van der Waals surface area contributed by atoms with E-state index in [0.717, 1.165) is 12.8 Å². The van der Waals surface area contributed by atoms with Gasteiger partial charge in [0.1, 0.15) is 11.0 Å².